The summed E-state index contributed by atoms with van der Waals surface area (Å²) in [7, 11) is 4.13. The number of benzene rings is 1. The zero-order valence-electron chi connectivity index (χ0n) is 11.1. The van der Waals surface area contributed by atoms with Gasteiger partial charge in [0.05, 0.1) is 5.52 Å². The molecule has 1 aromatic heterocycles. The minimum atomic E-state index is 0.360. The van der Waals surface area contributed by atoms with E-state index in [9.17, 15) is 0 Å². The van der Waals surface area contributed by atoms with Crippen molar-refractivity contribution in [3.8, 4) is 0 Å². The van der Waals surface area contributed by atoms with Gasteiger partial charge in [0.1, 0.15) is 5.82 Å². The summed E-state index contributed by atoms with van der Waals surface area (Å²) in [6, 6.07) is 10.2. The van der Waals surface area contributed by atoms with Crippen molar-refractivity contribution >= 4 is 22.4 Å². The Bertz CT molecular complexity index is 536. The molecule has 0 saturated carbocycles. The monoisotopic (exact) mass is 244 g/mol. The number of hydrogen-bond donors (Lipinski definition) is 2. The number of rotatable bonds is 4. The van der Waals surface area contributed by atoms with Crippen LogP contribution in [0.4, 0.5) is 11.5 Å². The third-order valence-electron chi connectivity index (χ3n) is 2.75. The molecule has 4 nitrogen and oxygen atoms in total. The molecule has 1 aromatic carbocycles. The lowest BCUT2D eigenvalue weighted by Gasteiger charge is -2.19. The quantitative estimate of drug-likeness (QED) is 0.809. The van der Waals surface area contributed by atoms with Crippen molar-refractivity contribution in [3.05, 3.63) is 30.3 Å². The molecular weight excluding hydrogens is 224 g/mol. The highest BCUT2D eigenvalue weighted by atomic mass is 15.1. The van der Waals surface area contributed by atoms with Crippen molar-refractivity contribution in [2.45, 2.75) is 13.0 Å². The minimum absolute atomic E-state index is 0.360. The number of anilines is 2. The summed E-state index contributed by atoms with van der Waals surface area (Å²) < 4.78 is 0. The number of nitrogens with zero attached hydrogens (tertiary/aromatic N) is 2. The van der Waals surface area contributed by atoms with Crippen LogP contribution in [0.3, 0.4) is 0 Å². The summed E-state index contributed by atoms with van der Waals surface area (Å²) in [4.78, 5) is 6.73. The van der Waals surface area contributed by atoms with Crippen molar-refractivity contribution in [3.63, 3.8) is 0 Å². The Kier molecular flexibility index (Phi) is 3.67. The van der Waals surface area contributed by atoms with Crippen LogP contribution in [0.1, 0.15) is 6.92 Å². The lowest BCUT2D eigenvalue weighted by Crippen LogP contribution is -2.29. The van der Waals surface area contributed by atoms with E-state index >= 15 is 0 Å². The van der Waals surface area contributed by atoms with Crippen LogP contribution in [0.15, 0.2) is 30.3 Å². The number of nitrogens with one attached hydrogen (secondary N) is 1. The zero-order valence-corrected chi connectivity index (χ0v) is 11.1. The van der Waals surface area contributed by atoms with E-state index < -0.39 is 0 Å². The van der Waals surface area contributed by atoms with Crippen molar-refractivity contribution in [1.82, 2.24) is 9.88 Å². The van der Waals surface area contributed by atoms with Gasteiger partial charge in [-0.25, -0.2) is 4.98 Å². The molecule has 0 aliphatic carbocycles. The van der Waals surface area contributed by atoms with Gasteiger partial charge in [0, 0.05) is 23.7 Å². The largest absolute Gasteiger partial charge is 0.399 e. The lowest BCUT2D eigenvalue weighted by molar-refractivity contribution is 0.392. The summed E-state index contributed by atoms with van der Waals surface area (Å²) in [6.45, 7) is 3.12. The van der Waals surface area contributed by atoms with Crippen LogP contribution < -0.4 is 11.1 Å². The second kappa shape index (κ2) is 5.23. The molecule has 0 spiro atoms. The highest BCUT2D eigenvalue weighted by Gasteiger charge is 2.05. The highest BCUT2D eigenvalue weighted by Crippen LogP contribution is 2.18. The Morgan fingerprint density at radius 1 is 1.28 bits per heavy atom. The molecule has 0 amide bonds. The molecule has 0 saturated heterocycles. The van der Waals surface area contributed by atoms with E-state index in [1.54, 1.807) is 0 Å². The number of aromatic nitrogens is 1. The van der Waals surface area contributed by atoms with Crippen LogP contribution in [-0.2, 0) is 0 Å². The average Bonchev–Trinajstić information content (AvgIpc) is 2.28. The van der Waals surface area contributed by atoms with Crippen LogP contribution in [0.25, 0.3) is 10.9 Å². The fourth-order valence-corrected chi connectivity index (χ4v) is 2.07. The van der Waals surface area contributed by atoms with Crippen LogP contribution in [0.5, 0.6) is 0 Å². The molecule has 4 heteroatoms. The maximum atomic E-state index is 5.75. The second-order valence-corrected chi connectivity index (χ2v) is 4.96. The maximum Gasteiger partial charge on any atom is 0.126 e. The summed E-state index contributed by atoms with van der Waals surface area (Å²) >= 11 is 0. The maximum absolute atomic E-state index is 5.75. The molecule has 0 aliphatic rings. The zero-order chi connectivity index (χ0) is 13.1. The second-order valence-electron chi connectivity index (χ2n) is 4.96. The third kappa shape index (κ3) is 3.11. The van der Waals surface area contributed by atoms with Gasteiger partial charge in [-0.15, -0.1) is 0 Å². The molecule has 1 atom stereocenters. The first kappa shape index (κ1) is 12.6. The lowest BCUT2D eigenvalue weighted by atomic mass is 10.2. The summed E-state index contributed by atoms with van der Waals surface area (Å²) in [5, 5.41) is 4.47. The number of nitrogens with two attached hydrogens (primary N) is 1. The normalized spacial score (nSPS) is 12.9. The van der Waals surface area contributed by atoms with Crippen LogP contribution >= 0.6 is 0 Å². The van der Waals surface area contributed by atoms with Gasteiger partial charge in [-0.2, -0.15) is 0 Å². The molecular formula is C14H20N4. The Balaban J connectivity index is 2.17. The molecule has 18 heavy (non-hydrogen) atoms. The summed E-state index contributed by atoms with van der Waals surface area (Å²) in [5.41, 5.74) is 7.48. The molecule has 0 bridgehead atoms. The van der Waals surface area contributed by atoms with Gasteiger partial charge in [-0.05, 0) is 51.4 Å². The average molecular weight is 244 g/mol. The van der Waals surface area contributed by atoms with Gasteiger partial charge in [0.15, 0.2) is 0 Å². The fraction of sp³-hybridized carbons (Fsp3) is 0.357. The molecule has 0 fully saturated rings. The number of hydrogen-bond acceptors (Lipinski definition) is 4. The molecule has 2 aromatic rings. The molecule has 2 rings (SSSR count). The Morgan fingerprint density at radius 2 is 2.06 bits per heavy atom. The number of pyridine rings is 1. The van der Waals surface area contributed by atoms with Gasteiger partial charge < -0.3 is 16.0 Å². The molecule has 3 N–H and O–H groups in total. The van der Waals surface area contributed by atoms with E-state index in [0.29, 0.717) is 6.04 Å². The highest BCUT2D eigenvalue weighted by molar-refractivity contribution is 5.83. The van der Waals surface area contributed by atoms with E-state index in [1.165, 1.54) is 0 Å². The number of fused-ring (bicyclic) bond motifs is 1. The summed E-state index contributed by atoms with van der Waals surface area (Å²) in [6.07, 6.45) is 0. The Morgan fingerprint density at radius 3 is 2.78 bits per heavy atom. The van der Waals surface area contributed by atoms with Gasteiger partial charge in [0.2, 0.25) is 0 Å². The Hall–Kier alpha value is -1.81. The first-order valence-electron chi connectivity index (χ1n) is 6.12. The van der Waals surface area contributed by atoms with E-state index in [-0.39, 0.29) is 0 Å². The molecule has 96 valence electrons. The van der Waals surface area contributed by atoms with Crippen molar-refractivity contribution in [2.24, 2.45) is 0 Å². The van der Waals surface area contributed by atoms with Crippen LogP contribution in [0, 0.1) is 0 Å². The van der Waals surface area contributed by atoms with E-state index in [2.05, 4.69) is 36.2 Å². The van der Waals surface area contributed by atoms with Gasteiger partial charge >= 0.3 is 0 Å². The molecule has 1 heterocycles. The smallest absolute Gasteiger partial charge is 0.126 e. The molecule has 1 unspecified atom stereocenters. The van der Waals surface area contributed by atoms with Gasteiger partial charge in [-0.1, -0.05) is 0 Å². The van der Waals surface area contributed by atoms with Crippen LogP contribution in [0.2, 0.25) is 0 Å². The number of nitrogen functional groups attached to an aromatic ring is 1. The van der Waals surface area contributed by atoms with E-state index in [0.717, 1.165) is 29.0 Å². The predicted octanol–water partition coefficient (Wildman–Crippen LogP) is 2.18. The topological polar surface area (TPSA) is 54.2 Å². The van der Waals surface area contributed by atoms with Gasteiger partial charge in [-0.3, -0.25) is 0 Å². The SMILES string of the molecule is CC(CN(C)C)Nc1ccc2cc(N)ccc2n1. The van der Waals surface area contributed by atoms with E-state index in [1.807, 2.05) is 30.3 Å². The van der Waals surface area contributed by atoms with Crippen molar-refractivity contribution in [1.29, 1.82) is 0 Å². The van der Waals surface area contributed by atoms with Gasteiger partial charge in [0.25, 0.3) is 0 Å². The van der Waals surface area contributed by atoms with Crippen LogP contribution in [-0.4, -0.2) is 36.6 Å². The third-order valence-corrected chi connectivity index (χ3v) is 2.75. The van der Waals surface area contributed by atoms with E-state index in [4.69, 9.17) is 5.73 Å². The summed E-state index contributed by atoms with van der Waals surface area (Å²) in [5.74, 6) is 0.904. The number of likely N-dealkylation sites (N-methyl/N-ethyl adjacent to an activating group) is 1. The van der Waals surface area contributed by atoms with Crippen molar-refractivity contribution < 1.29 is 0 Å². The van der Waals surface area contributed by atoms with Crippen molar-refractivity contribution in [2.75, 3.05) is 31.7 Å². The first-order chi connectivity index (χ1) is 8.54. The fourth-order valence-electron chi connectivity index (χ4n) is 2.07. The molecule has 0 radical (unpaired) electrons. The minimum Gasteiger partial charge on any atom is -0.399 e. The molecule has 0 aliphatic heterocycles. The predicted molar refractivity (Wildman–Crippen MR) is 77.8 cm³/mol. The Labute approximate surface area is 108 Å². The first-order valence-corrected chi connectivity index (χ1v) is 6.12. The standard InChI is InChI=1S/C14H20N4/c1-10(9-18(2)3)16-14-7-4-11-8-12(15)5-6-13(11)17-14/h4-8,10H,9,15H2,1-3H3,(H,16,17).